The van der Waals surface area contributed by atoms with Crippen molar-refractivity contribution in [1.29, 1.82) is 0 Å². The number of aliphatic hydroxyl groups is 1. The molecule has 1 aliphatic rings. The highest BCUT2D eigenvalue weighted by molar-refractivity contribution is 5.70. The molecule has 0 spiro atoms. The zero-order valence-corrected chi connectivity index (χ0v) is 11.0. The van der Waals surface area contributed by atoms with E-state index in [4.69, 9.17) is 9.47 Å². The molecule has 1 aromatic rings. The number of carbonyl (C=O) groups excluding carboxylic acids is 1. The smallest absolute Gasteiger partial charge is 0.332 e. The fraction of sp³-hybridized carbons (Fsp3) is 0.533. The number of hydrogen-bond donors (Lipinski definition) is 1. The third kappa shape index (κ3) is 5.01. The lowest BCUT2D eigenvalue weighted by Crippen LogP contribution is -2.26. The minimum atomic E-state index is -0.338. The number of hydrogen-bond acceptors (Lipinski definition) is 4. The fourth-order valence-electron chi connectivity index (χ4n) is 2.18. The first-order valence-electron chi connectivity index (χ1n) is 6.73. The van der Waals surface area contributed by atoms with Crippen LogP contribution in [0.25, 0.3) is 0 Å². The lowest BCUT2D eigenvalue weighted by atomic mass is 9.95. The van der Waals surface area contributed by atoms with Crippen LogP contribution < -0.4 is 0 Å². The Balaban J connectivity index is 1.62. The molecule has 0 heterocycles. The van der Waals surface area contributed by atoms with Crippen molar-refractivity contribution in [2.75, 3.05) is 6.61 Å². The number of aliphatic hydroxyl groups excluding tert-OH is 1. The Morgan fingerprint density at radius 2 is 1.84 bits per heavy atom. The third-order valence-electron chi connectivity index (χ3n) is 3.32. The zero-order valence-electron chi connectivity index (χ0n) is 11.0. The molecular formula is C15H20O4. The van der Waals surface area contributed by atoms with Crippen molar-refractivity contribution >= 4 is 5.97 Å². The molecule has 1 saturated carbocycles. The standard InChI is InChI=1S/C15H20O4/c16-13-6-8-14(9-7-13)18-11-15(17)19-10-12-4-2-1-3-5-12/h1-5,13-14,16H,6-11H2/t13-,14-. The number of esters is 1. The highest BCUT2D eigenvalue weighted by Gasteiger charge is 2.20. The molecule has 2 rings (SSSR count). The van der Waals surface area contributed by atoms with Crippen molar-refractivity contribution in [3.63, 3.8) is 0 Å². The molecular weight excluding hydrogens is 244 g/mol. The molecule has 1 aromatic carbocycles. The number of benzene rings is 1. The Bertz CT molecular complexity index is 382. The Hall–Kier alpha value is -1.39. The van der Waals surface area contributed by atoms with Gasteiger partial charge in [0.15, 0.2) is 0 Å². The van der Waals surface area contributed by atoms with Crippen molar-refractivity contribution in [2.45, 2.75) is 44.5 Å². The SMILES string of the molecule is O=C(CO[C@H]1CC[C@H](O)CC1)OCc1ccccc1. The van der Waals surface area contributed by atoms with E-state index in [1.807, 2.05) is 30.3 Å². The minimum absolute atomic E-state index is 0.00635. The van der Waals surface area contributed by atoms with E-state index in [2.05, 4.69) is 0 Å². The van der Waals surface area contributed by atoms with Crippen molar-refractivity contribution in [2.24, 2.45) is 0 Å². The zero-order chi connectivity index (χ0) is 13.5. The first kappa shape index (κ1) is 14.0. The molecule has 1 N–H and O–H groups in total. The lowest BCUT2D eigenvalue weighted by Gasteiger charge is -2.25. The largest absolute Gasteiger partial charge is 0.459 e. The average Bonchev–Trinajstić information content (AvgIpc) is 2.45. The first-order valence-corrected chi connectivity index (χ1v) is 6.73. The van der Waals surface area contributed by atoms with E-state index in [-0.39, 0.29) is 31.4 Å². The van der Waals surface area contributed by atoms with E-state index < -0.39 is 0 Å². The van der Waals surface area contributed by atoms with Crippen molar-refractivity contribution < 1.29 is 19.4 Å². The molecule has 104 valence electrons. The molecule has 0 atom stereocenters. The molecule has 1 fully saturated rings. The summed E-state index contributed by atoms with van der Waals surface area (Å²) in [6, 6.07) is 9.57. The van der Waals surface area contributed by atoms with E-state index in [9.17, 15) is 9.90 Å². The van der Waals surface area contributed by atoms with Gasteiger partial charge in [0.1, 0.15) is 13.2 Å². The summed E-state index contributed by atoms with van der Waals surface area (Å²) in [5.74, 6) is -0.338. The van der Waals surface area contributed by atoms with E-state index in [0.717, 1.165) is 31.2 Å². The first-order chi connectivity index (χ1) is 9.24. The Morgan fingerprint density at radius 1 is 1.16 bits per heavy atom. The van der Waals surface area contributed by atoms with Crippen LogP contribution in [0, 0.1) is 0 Å². The summed E-state index contributed by atoms with van der Waals surface area (Å²) in [5.41, 5.74) is 0.969. The molecule has 0 bridgehead atoms. The van der Waals surface area contributed by atoms with E-state index in [0.29, 0.717) is 0 Å². The van der Waals surface area contributed by atoms with Gasteiger partial charge in [-0.1, -0.05) is 30.3 Å². The summed E-state index contributed by atoms with van der Waals surface area (Å²) < 4.78 is 10.6. The van der Waals surface area contributed by atoms with Crippen molar-refractivity contribution in [3.8, 4) is 0 Å². The van der Waals surface area contributed by atoms with Gasteiger partial charge in [0, 0.05) is 0 Å². The Labute approximate surface area is 113 Å². The van der Waals surface area contributed by atoms with Crippen LogP contribution in [-0.4, -0.2) is 29.9 Å². The molecule has 0 aliphatic heterocycles. The van der Waals surface area contributed by atoms with Crippen LogP contribution in [0.2, 0.25) is 0 Å². The molecule has 0 saturated heterocycles. The molecule has 4 heteroatoms. The topological polar surface area (TPSA) is 55.8 Å². The quantitative estimate of drug-likeness (QED) is 0.827. The minimum Gasteiger partial charge on any atom is -0.459 e. The predicted octanol–water partition coefficient (Wildman–Crippen LogP) is 2.05. The monoisotopic (exact) mass is 264 g/mol. The van der Waals surface area contributed by atoms with Gasteiger partial charge in [0.25, 0.3) is 0 Å². The molecule has 4 nitrogen and oxygen atoms in total. The second kappa shape index (κ2) is 7.26. The number of rotatable bonds is 5. The molecule has 0 unspecified atom stereocenters. The number of carbonyl (C=O) groups is 1. The van der Waals surface area contributed by atoms with Gasteiger partial charge in [-0.2, -0.15) is 0 Å². The third-order valence-corrected chi connectivity index (χ3v) is 3.32. The normalized spacial score (nSPS) is 23.0. The van der Waals surface area contributed by atoms with Crippen LogP contribution in [0.15, 0.2) is 30.3 Å². The van der Waals surface area contributed by atoms with Gasteiger partial charge in [-0.15, -0.1) is 0 Å². The van der Waals surface area contributed by atoms with Crippen LogP contribution in [0.4, 0.5) is 0 Å². The summed E-state index contributed by atoms with van der Waals surface area (Å²) >= 11 is 0. The second-order valence-electron chi connectivity index (χ2n) is 4.89. The van der Waals surface area contributed by atoms with E-state index >= 15 is 0 Å². The second-order valence-corrected chi connectivity index (χ2v) is 4.89. The predicted molar refractivity (Wildman–Crippen MR) is 70.5 cm³/mol. The lowest BCUT2D eigenvalue weighted by molar-refractivity contribution is -0.153. The maximum absolute atomic E-state index is 11.5. The molecule has 0 radical (unpaired) electrons. The fourth-order valence-corrected chi connectivity index (χ4v) is 2.18. The van der Waals surface area contributed by atoms with Crippen molar-refractivity contribution in [1.82, 2.24) is 0 Å². The van der Waals surface area contributed by atoms with Crippen LogP contribution in [0.3, 0.4) is 0 Å². The van der Waals surface area contributed by atoms with Gasteiger partial charge in [-0.25, -0.2) is 4.79 Å². The van der Waals surface area contributed by atoms with Crippen LogP contribution in [0.1, 0.15) is 31.2 Å². The van der Waals surface area contributed by atoms with Crippen molar-refractivity contribution in [3.05, 3.63) is 35.9 Å². The average molecular weight is 264 g/mol. The Kier molecular flexibility index (Phi) is 5.36. The summed E-state index contributed by atoms with van der Waals surface area (Å²) in [7, 11) is 0. The summed E-state index contributed by atoms with van der Waals surface area (Å²) in [6.07, 6.45) is 3.01. The molecule has 0 amide bonds. The van der Waals surface area contributed by atoms with Crippen LogP contribution in [0.5, 0.6) is 0 Å². The van der Waals surface area contributed by atoms with Crippen LogP contribution in [-0.2, 0) is 20.9 Å². The highest BCUT2D eigenvalue weighted by atomic mass is 16.6. The van der Waals surface area contributed by atoms with Crippen LogP contribution >= 0.6 is 0 Å². The summed E-state index contributed by atoms with van der Waals surface area (Å²) in [6.45, 7) is 0.278. The summed E-state index contributed by atoms with van der Waals surface area (Å²) in [5, 5.41) is 9.37. The van der Waals surface area contributed by atoms with Gasteiger partial charge >= 0.3 is 5.97 Å². The molecule has 0 aromatic heterocycles. The molecule has 19 heavy (non-hydrogen) atoms. The highest BCUT2D eigenvalue weighted by Crippen LogP contribution is 2.20. The van der Waals surface area contributed by atoms with E-state index in [1.54, 1.807) is 0 Å². The molecule has 1 aliphatic carbocycles. The van der Waals surface area contributed by atoms with Gasteiger partial charge in [0.2, 0.25) is 0 Å². The maximum Gasteiger partial charge on any atom is 0.332 e. The van der Waals surface area contributed by atoms with Gasteiger partial charge in [-0.05, 0) is 31.2 Å². The van der Waals surface area contributed by atoms with E-state index in [1.165, 1.54) is 0 Å². The Morgan fingerprint density at radius 3 is 2.53 bits per heavy atom. The number of ether oxygens (including phenoxy) is 2. The summed E-state index contributed by atoms with van der Waals surface area (Å²) in [4.78, 5) is 11.5. The van der Waals surface area contributed by atoms with Gasteiger partial charge < -0.3 is 14.6 Å². The van der Waals surface area contributed by atoms with Gasteiger partial charge in [0.05, 0.1) is 12.2 Å². The maximum atomic E-state index is 11.5. The van der Waals surface area contributed by atoms with Gasteiger partial charge in [-0.3, -0.25) is 0 Å².